The normalized spacial score (nSPS) is 20.0. The Morgan fingerprint density at radius 3 is 2.39 bits per heavy atom. The summed E-state index contributed by atoms with van der Waals surface area (Å²) in [4.78, 5) is 20.7. The van der Waals surface area contributed by atoms with Gasteiger partial charge < -0.3 is 19.3 Å². The molecule has 2 fully saturated rings. The van der Waals surface area contributed by atoms with Crippen LogP contribution in [0.15, 0.2) is 18.3 Å². The first-order chi connectivity index (χ1) is 11.2. The Labute approximate surface area is 137 Å². The van der Waals surface area contributed by atoms with E-state index in [0.29, 0.717) is 32.0 Å². The smallest absolute Gasteiger partial charge is 0.272 e. The molecule has 0 N–H and O–H groups in total. The minimum atomic E-state index is -0.359. The number of nitrogens with zero attached hydrogens (tertiary/aromatic N) is 3. The summed E-state index contributed by atoms with van der Waals surface area (Å²) in [6.45, 7) is 8.52. The number of amides is 1. The lowest BCUT2D eigenvalue weighted by Crippen LogP contribution is -2.45. The summed E-state index contributed by atoms with van der Waals surface area (Å²) in [7, 11) is 0. The molecule has 6 nitrogen and oxygen atoms in total. The molecule has 2 saturated heterocycles. The van der Waals surface area contributed by atoms with Crippen molar-refractivity contribution in [2.24, 2.45) is 0 Å². The van der Waals surface area contributed by atoms with Gasteiger partial charge in [0.1, 0.15) is 5.69 Å². The lowest BCUT2D eigenvalue weighted by Gasteiger charge is -2.38. The number of hydrogen-bond acceptors (Lipinski definition) is 5. The number of rotatable bonds is 4. The average Bonchev–Trinajstić information content (AvgIpc) is 3.05. The summed E-state index contributed by atoms with van der Waals surface area (Å²) in [5.41, 5.74) is 1.56. The van der Waals surface area contributed by atoms with Crippen molar-refractivity contribution in [3.8, 4) is 0 Å². The van der Waals surface area contributed by atoms with Gasteiger partial charge in [-0.05, 0) is 26.0 Å². The quantitative estimate of drug-likeness (QED) is 0.848. The Kier molecular flexibility index (Phi) is 4.82. The summed E-state index contributed by atoms with van der Waals surface area (Å²) in [6, 6.07) is 3.81. The van der Waals surface area contributed by atoms with Gasteiger partial charge in [0.25, 0.3) is 5.91 Å². The summed E-state index contributed by atoms with van der Waals surface area (Å²) in [5, 5.41) is 0. The maximum Gasteiger partial charge on any atom is 0.272 e. The van der Waals surface area contributed by atoms with Crippen molar-refractivity contribution in [2.75, 3.05) is 44.3 Å². The molecular weight excluding hydrogens is 294 g/mol. The fraction of sp³-hybridized carbons (Fsp3) is 0.647. The van der Waals surface area contributed by atoms with Crippen LogP contribution in [-0.2, 0) is 9.47 Å². The number of anilines is 1. The lowest BCUT2D eigenvalue weighted by molar-refractivity contribution is -0.169. The van der Waals surface area contributed by atoms with E-state index in [2.05, 4.69) is 9.88 Å². The first kappa shape index (κ1) is 16.2. The first-order valence-electron chi connectivity index (χ1n) is 8.45. The van der Waals surface area contributed by atoms with Gasteiger partial charge in [-0.25, -0.2) is 4.98 Å². The van der Waals surface area contributed by atoms with Gasteiger partial charge in [0.05, 0.1) is 25.1 Å². The van der Waals surface area contributed by atoms with E-state index in [4.69, 9.17) is 9.47 Å². The van der Waals surface area contributed by atoms with E-state index in [-0.39, 0.29) is 11.7 Å². The van der Waals surface area contributed by atoms with Crippen LogP contribution in [0.5, 0.6) is 0 Å². The minimum Gasteiger partial charge on any atom is -0.370 e. The molecule has 2 aliphatic heterocycles. The summed E-state index contributed by atoms with van der Waals surface area (Å²) < 4.78 is 11.5. The van der Waals surface area contributed by atoms with Crippen LogP contribution in [0.1, 0.15) is 37.2 Å². The predicted octanol–water partition coefficient (Wildman–Crippen LogP) is 1.91. The number of hydrogen-bond donors (Lipinski definition) is 0. The Hall–Kier alpha value is -1.66. The number of carbonyl (C=O) groups excluding carboxylic acids is 1. The molecular formula is C17H25N3O3. The van der Waals surface area contributed by atoms with Gasteiger partial charge in [-0.2, -0.15) is 0 Å². The lowest BCUT2D eigenvalue weighted by atomic mass is 10.0. The zero-order chi connectivity index (χ0) is 16.3. The van der Waals surface area contributed by atoms with Crippen molar-refractivity contribution in [2.45, 2.75) is 32.5 Å². The number of ether oxygens (including phenoxy) is 2. The second-order valence-electron chi connectivity index (χ2n) is 5.97. The van der Waals surface area contributed by atoms with Crippen LogP contribution in [0.3, 0.4) is 0 Å². The van der Waals surface area contributed by atoms with Crippen LogP contribution in [-0.4, -0.2) is 61.0 Å². The van der Waals surface area contributed by atoms with Gasteiger partial charge >= 0.3 is 0 Å². The van der Waals surface area contributed by atoms with Crippen molar-refractivity contribution in [3.63, 3.8) is 0 Å². The maximum atomic E-state index is 12.3. The summed E-state index contributed by atoms with van der Waals surface area (Å²) >= 11 is 0. The molecule has 0 radical (unpaired) electrons. The molecule has 0 aromatic carbocycles. The van der Waals surface area contributed by atoms with Crippen LogP contribution in [0.25, 0.3) is 0 Å². The zero-order valence-corrected chi connectivity index (χ0v) is 14.0. The molecule has 1 aromatic rings. The molecule has 0 saturated carbocycles. The Bertz CT molecular complexity index is 527. The highest BCUT2D eigenvalue weighted by atomic mass is 16.7. The van der Waals surface area contributed by atoms with Crippen LogP contribution in [0.2, 0.25) is 0 Å². The number of aromatic nitrogens is 1. The Morgan fingerprint density at radius 2 is 1.87 bits per heavy atom. The molecule has 1 spiro atoms. The van der Waals surface area contributed by atoms with Crippen LogP contribution in [0.4, 0.5) is 5.69 Å². The summed E-state index contributed by atoms with van der Waals surface area (Å²) in [5.74, 6) is -0.366. The monoisotopic (exact) mass is 319 g/mol. The molecule has 3 rings (SSSR count). The Morgan fingerprint density at radius 1 is 1.22 bits per heavy atom. The standard InChI is InChI=1S/C17H25N3O3/c1-3-19(4-2)16(21)15-6-5-14(13-18-15)20-9-7-17(8-10-20)22-11-12-23-17/h5-6,13H,3-4,7-12H2,1-2H3. The highest BCUT2D eigenvalue weighted by Crippen LogP contribution is 2.32. The topological polar surface area (TPSA) is 54.9 Å². The molecule has 0 bridgehead atoms. The van der Waals surface area contributed by atoms with Gasteiger partial charge in [0, 0.05) is 39.0 Å². The highest BCUT2D eigenvalue weighted by Gasteiger charge is 2.39. The minimum absolute atomic E-state index is 0.00750. The van der Waals surface area contributed by atoms with E-state index in [1.165, 1.54) is 0 Å². The third-order valence-corrected chi connectivity index (χ3v) is 4.72. The molecule has 126 valence electrons. The SMILES string of the molecule is CCN(CC)C(=O)c1ccc(N2CCC3(CC2)OCCO3)cn1. The number of piperidine rings is 1. The predicted molar refractivity (Wildman–Crippen MR) is 87.6 cm³/mol. The largest absolute Gasteiger partial charge is 0.370 e. The molecule has 0 atom stereocenters. The van der Waals surface area contributed by atoms with Crippen molar-refractivity contribution in [1.29, 1.82) is 0 Å². The third kappa shape index (κ3) is 3.33. The van der Waals surface area contributed by atoms with E-state index in [0.717, 1.165) is 31.6 Å². The molecule has 0 unspecified atom stereocenters. The van der Waals surface area contributed by atoms with Crippen LogP contribution >= 0.6 is 0 Å². The van der Waals surface area contributed by atoms with Crippen LogP contribution in [0, 0.1) is 0 Å². The maximum absolute atomic E-state index is 12.3. The molecule has 1 aromatic heterocycles. The van der Waals surface area contributed by atoms with Gasteiger partial charge in [0.2, 0.25) is 0 Å². The van der Waals surface area contributed by atoms with E-state index >= 15 is 0 Å². The molecule has 1 amide bonds. The molecule has 0 aliphatic carbocycles. The fourth-order valence-electron chi connectivity index (χ4n) is 3.26. The second kappa shape index (κ2) is 6.84. The van der Waals surface area contributed by atoms with Gasteiger partial charge in [-0.1, -0.05) is 0 Å². The van der Waals surface area contributed by atoms with E-state index < -0.39 is 0 Å². The summed E-state index contributed by atoms with van der Waals surface area (Å²) in [6.07, 6.45) is 3.53. The van der Waals surface area contributed by atoms with Crippen molar-refractivity contribution < 1.29 is 14.3 Å². The van der Waals surface area contributed by atoms with Gasteiger partial charge in [-0.15, -0.1) is 0 Å². The molecule has 2 aliphatic rings. The van der Waals surface area contributed by atoms with E-state index in [1.54, 1.807) is 11.1 Å². The number of carbonyl (C=O) groups is 1. The van der Waals surface area contributed by atoms with Crippen molar-refractivity contribution >= 4 is 11.6 Å². The van der Waals surface area contributed by atoms with Crippen molar-refractivity contribution in [3.05, 3.63) is 24.0 Å². The zero-order valence-electron chi connectivity index (χ0n) is 14.0. The highest BCUT2D eigenvalue weighted by molar-refractivity contribution is 5.92. The average molecular weight is 319 g/mol. The number of pyridine rings is 1. The molecule has 3 heterocycles. The van der Waals surface area contributed by atoms with Gasteiger partial charge in [0.15, 0.2) is 5.79 Å². The van der Waals surface area contributed by atoms with E-state index in [1.807, 2.05) is 26.0 Å². The molecule has 23 heavy (non-hydrogen) atoms. The van der Waals surface area contributed by atoms with Gasteiger partial charge in [-0.3, -0.25) is 4.79 Å². The first-order valence-corrected chi connectivity index (χ1v) is 8.45. The Balaban J connectivity index is 1.63. The molecule has 6 heteroatoms. The fourth-order valence-corrected chi connectivity index (χ4v) is 3.26. The van der Waals surface area contributed by atoms with Crippen molar-refractivity contribution in [1.82, 2.24) is 9.88 Å². The second-order valence-corrected chi connectivity index (χ2v) is 5.97. The third-order valence-electron chi connectivity index (χ3n) is 4.72. The van der Waals surface area contributed by atoms with E-state index in [9.17, 15) is 4.79 Å². The van der Waals surface area contributed by atoms with Crippen LogP contribution < -0.4 is 4.90 Å².